The highest BCUT2D eigenvalue weighted by Crippen LogP contribution is 2.22. The molecular formula is C10H12N4. The first-order chi connectivity index (χ1) is 6.95. The third-order valence-electron chi connectivity index (χ3n) is 2.75. The molecule has 4 nitrogen and oxygen atoms in total. The van der Waals surface area contributed by atoms with Gasteiger partial charge in [-0.2, -0.15) is 0 Å². The summed E-state index contributed by atoms with van der Waals surface area (Å²) in [7, 11) is 0. The van der Waals surface area contributed by atoms with Crippen molar-refractivity contribution in [3.63, 3.8) is 0 Å². The summed E-state index contributed by atoms with van der Waals surface area (Å²) in [5.41, 5.74) is 1.27. The Morgan fingerprint density at radius 3 is 3.14 bits per heavy atom. The SMILES string of the molecule is c1cc(C2CCCN2)n2ccnc2n1. The number of nitrogens with zero attached hydrogens (tertiary/aromatic N) is 3. The first-order valence-corrected chi connectivity index (χ1v) is 4.96. The molecule has 1 aliphatic rings. The lowest BCUT2D eigenvalue weighted by Crippen LogP contribution is -2.16. The second-order valence-electron chi connectivity index (χ2n) is 3.62. The van der Waals surface area contributed by atoms with Crippen LogP contribution in [0, 0.1) is 0 Å². The molecule has 4 heteroatoms. The van der Waals surface area contributed by atoms with Crippen LogP contribution in [0.25, 0.3) is 5.78 Å². The lowest BCUT2D eigenvalue weighted by Gasteiger charge is -2.11. The minimum Gasteiger partial charge on any atom is -0.309 e. The Morgan fingerprint density at radius 1 is 1.36 bits per heavy atom. The molecule has 0 saturated carbocycles. The van der Waals surface area contributed by atoms with E-state index in [1.54, 1.807) is 6.20 Å². The molecule has 0 aliphatic carbocycles. The van der Waals surface area contributed by atoms with Gasteiger partial charge in [0.25, 0.3) is 0 Å². The van der Waals surface area contributed by atoms with Crippen LogP contribution in [0.4, 0.5) is 0 Å². The van der Waals surface area contributed by atoms with Gasteiger partial charge in [-0.25, -0.2) is 9.97 Å². The van der Waals surface area contributed by atoms with Crippen LogP contribution in [0.3, 0.4) is 0 Å². The first kappa shape index (κ1) is 7.94. The van der Waals surface area contributed by atoms with Crippen molar-refractivity contribution < 1.29 is 0 Å². The normalized spacial score (nSPS) is 21.9. The van der Waals surface area contributed by atoms with Crippen molar-refractivity contribution >= 4 is 5.78 Å². The molecule has 0 amide bonds. The van der Waals surface area contributed by atoms with E-state index in [2.05, 4.69) is 25.8 Å². The number of imidazole rings is 1. The second kappa shape index (κ2) is 3.06. The molecule has 72 valence electrons. The summed E-state index contributed by atoms with van der Waals surface area (Å²) < 4.78 is 2.06. The number of nitrogens with one attached hydrogen (secondary N) is 1. The van der Waals surface area contributed by atoms with E-state index in [-0.39, 0.29) is 0 Å². The van der Waals surface area contributed by atoms with Gasteiger partial charge in [-0.15, -0.1) is 0 Å². The predicted molar refractivity (Wildman–Crippen MR) is 53.0 cm³/mol. The zero-order valence-corrected chi connectivity index (χ0v) is 7.85. The number of rotatable bonds is 1. The fraction of sp³-hybridized carbons (Fsp3) is 0.400. The van der Waals surface area contributed by atoms with Crippen molar-refractivity contribution in [2.24, 2.45) is 0 Å². The van der Waals surface area contributed by atoms with Crippen LogP contribution < -0.4 is 5.32 Å². The lowest BCUT2D eigenvalue weighted by molar-refractivity contribution is 0.617. The molecular weight excluding hydrogens is 176 g/mol. The fourth-order valence-corrected chi connectivity index (χ4v) is 2.07. The largest absolute Gasteiger partial charge is 0.309 e. The van der Waals surface area contributed by atoms with Gasteiger partial charge in [0.05, 0.1) is 0 Å². The Labute approximate surface area is 82.0 Å². The van der Waals surface area contributed by atoms with Crippen LogP contribution in [0.2, 0.25) is 0 Å². The van der Waals surface area contributed by atoms with E-state index in [4.69, 9.17) is 0 Å². The van der Waals surface area contributed by atoms with Crippen LogP contribution in [-0.4, -0.2) is 20.9 Å². The van der Waals surface area contributed by atoms with Gasteiger partial charge < -0.3 is 5.32 Å². The summed E-state index contributed by atoms with van der Waals surface area (Å²) in [5, 5.41) is 3.48. The molecule has 1 aliphatic heterocycles. The highest BCUT2D eigenvalue weighted by atomic mass is 15.1. The van der Waals surface area contributed by atoms with Gasteiger partial charge in [0, 0.05) is 30.3 Å². The Morgan fingerprint density at radius 2 is 2.29 bits per heavy atom. The van der Waals surface area contributed by atoms with E-state index < -0.39 is 0 Å². The Kier molecular flexibility index (Phi) is 1.73. The van der Waals surface area contributed by atoms with Gasteiger partial charge in [0.2, 0.25) is 5.78 Å². The molecule has 1 unspecified atom stereocenters. The number of fused-ring (bicyclic) bond motifs is 1. The number of hydrogen-bond acceptors (Lipinski definition) is 3. The zero-order chi connectivity index (χ0) is 9.38. The maximum Gasteiger partial charge on any atom is 0.233 e. The molecule has 2 aromatic rings. The second-order valence-corrected chi connectivity index (χ2v) is 3.62. The molecule has 14 heavy (non-hydrogen) atoms. The molecule has 3 rings (SSSR count). The van der Waals surface area contributed by atoms with E-state index >= 15 is 0 Å². The highest BCUT2D eigenvalue weighted by molar-refractivity contribution is 5.31. The standard InChI is InChI=1S/C10H12N4/c1-2-8(11-4-1)9-3-5-12-10-13-6-7-14(9)10/h3,5-8,11H,1-2,4H2. The molecule has 0 spiro atoms. The van der Waals surface area contributed by atoms with Gasteiger partial charge in [-0.05, 0) is 25.5 Å². The maximum absolute atomic E-state index is 4.20. The monoisotopic (exact) mass is 188 g/mol. The van der Waals surface area contributed by atoms with Gasteiger partial charge in [-0.3, -0.25) is 4.40 Å². The van der Waals surface area contributed by atoms with Crippen molar-refractivity contribution in [1.29, 1.82) is 0 Å². The molecule has 0 aromatic carbocycles. The van der Waals surface area contributed by atoms with Crippen LogP contribution >= 0.6 is 0 Å². The molecule has 1 fully saturated rings. The molecule has 1 atom stereocenters. The zero-order valence-electron chi connectivity index (χ0n) is 7.85. The van der Waals surface area contributed by atoms with Crippen molar-refractivity contribution in [2.75, 3.05) is 6.54 Å². The third-order valence-corrected chi connectivity index (χ3v) is 2.75. The summed E-state index contributed by atoms with van der Waals surface area (Å²) in [5.74, 6) is 0.788. The molecule has 0 radical (unpaired) electrons. The minimum absolute atomic E-state index is 0.467. The average molecular weight is 188 g/mol. The lowest BCUT2D eigenvalue weighted by atomic mass is 10.1. The van der Waals surface area contributed by atoms with E-state index in [0.29, 0.717) is 6.04 Å². The molecule has 0 bridgehead atoms. The van der Waals surface area contributed by atoms with E-state index in [9.17, 15) is 0 Å². The molecule has 2 aromatic heterocycles. The van der Waals surface area contributed by atoms with E-state index in [0.717, 1.165) is 12.3 Å². The number of hydrogen-bond donors (Lipinski definition) is 1. The minimum atomic E-state index is 0.467. The maximum atomic E-state index is 4.20. The predicted octanol–water partition coefficient (Wildman–Crippen LogP) is 1.15. The first-order valence-electron chi connectivity index (χ1n) is 4.96. The summed E-state index contributed by atoms with van der Waals surface area (Å²) in [6.07, 6.45) is 8.05. The fourth-order valence-electron chi connectivity index (χ4n) is 2.07. The van der Waals surface area contributed by atoms with Gasteiger partial charge in [0.1, 0.15) is 0 Å². The van der Waals surface area contributed by atoms with Crippen LogP contribution in [0.15, 0.2) is 24.7 Å². The molecule has 1 N–H and O–H groups in total. The summed E-state index contributed by atoms with van der Waals surface area (Å²) in [4.78, 5) is 8.37. The summed E-state index contributed by atoms with van der Waals surface area (Å²) >= 11 is 0. The highest BCUT2D eigenvalue weighted by Gasteiger charge is 2.18. The van der Waals surface area contributed by atoms with E-state index in [1.807, 2.05) is 12.4 Å². The van der Waals surface area contributed by atoms with Gasteiger partial charge >= 0.3 is 0 Å². The quantitative estimate of drug-likeness (QED) is 0.730. The van der Waals surface area contributed by atoms with E-state index in [1.165, 1.54) is 18.5 Å². The number of aromatic nitrogens is 3. The van der Waals surface area contributed by atoms with Crippen molar-refractivity contribution in [3.05, 3.63) is 30.4 Å². The van der Waals surface area contributed by atoms with Crippen molar-refractivity contribution in [3.8, 4) is 0 Å². The summed E-state index contributed by atoms with van der Waals surface area (Å²) in [6.45, 7) is 1.11. The average Bonchev–Trinajstić information content (AvgIpc) is 2.88. The Hall–Kier alpha value is -1.42. The Bertz CT molecular complexity index is 442. The van der Waals surface area contributed by atoms with Crippen molar-refractivity contribution in [2.45, 2.75) is 18.9 Å². The van der Waals surface area contributed by atoms with Crippen molar-refractivity contribution in [1.82, 2.24) is 19.7 Å². The van der Waals surface area contributed by atoms with Gasteiger partial charge in [0.15, 0.2) is 0 Å². The topological polar surface area (TPSA) is 42.2 Å². The summed E-state index contributed by atoms with van der Waals surface area (Å²) in [6, 6.07) is 2.53. The third kappa shape index (κ3) is 1.11. The van der Waals surface area contributed by atoms with Crippen LogP contribution in [0.1, 0.15) is 24.6 Å². The molecule has 1 saturated heterocycles. The Balaban J connectivity index is 2.14. The van der Waals surface area contributed by atoms with Gasteiger partial charge in [-0.1, -0.05) is 0 Å². The molecule has 3 heterocycles. The smallest absolute Gasteiger partial charge is 0.233 e. The van der Waals surface area contributed by atoms with Crippen LogP contribution in [0.5, 0.6) is 0 Å². The van der Waals surface area contributed by atoms with Crippen LogP contribution in [-0.2, 0) is 0 Å².